The summed E-state index contributed by atoms with van der Waals surface area (Å²) in [5, 5.41) is 1.11. The van der Waals surface area contributed by atoms with Crippen molar-refractivity contribution < 1.29 is 9.18 Å². The smallest absolute Gasteiger partial charge is 0.242 e. The largest absolute Gasteiger partial charge is 0.340 e. The Labute approximate surface area is 128 Å². The van der Waals surface area contributed by atoms with Gasteiger partial charge in [-0.25, -0.2) is 4.39 Å². The maximum atomic E-state index is 13.2. The standard InChI is InChI=1S/C18H17FN2O/c1-20(12-14-5-4-7-16(19)11-14)18(22)13-21-10-9-15-6-2-3-8-17(15)21/h2-11H,12-13H2,1H3. The highest BCUT2D eigenvalue weighted by molar-refractivity contribution is 5.83. The van der Waals surface area contributed by atoms with Crippen LogP contribution in [0.25, 0.3) is 10.9 Å². The predicted molar refractivity (Wildman–Crippen MR) is 84.8 cm³/mol. The van der Waals surface area contributed by atoms with Crippen molar-refractivity contribution in [3.05, 3.63) is 72.2 Å². The summed E-state index contributed by atoms with van der Waals surface area (Å²) in [6, 6.07) is 16.3. The summed E-state index contributed by atoms with van der Waals surface area (Å²) in [4.78, 5) is 14.0. The van der Waals surface area contributed by atoms with E-state index >= 15 is 0 Å². The first-order valence-corrected chi connectivity index (χ1v) is 7.16. The van der Waals surface area contributed by atoms with E-state index in [2.05, 4.69) is 0 Å². The van der Waals surface area contributed by atoms with Crippen LogP contribution in [-0.2, 0) is 17.9 Å². The highest BCUT2D eigenvalue weighted by Crippen LogP contribution is 2.15. The second-order valence-electron chi connectivity index (χ2n) is 5.38. The number of nitrogens with zero attached hydrogens (tertiary/aromatic N) is 2. The van der Waals surface area contributed by atoms with E-state index in [1.54, 1.807) is 18.0 Å². The van der Waals surface area contributed by atoms with Gasteiger partial charge in [0.2, 0.25) is 5.91 Å². The van der Waals surface area contributed by atoms with Crippen LogP contribution in [-0.4, -0.2) is 22.4 Å². The van der Waals surface area contributed by atoms with E-state index in [1.807, 2.05) is 47.2 Å². The second-order valence-corrected chi connectivity index (χ2v) is 5.38. The molecule has 0 saturated heterocycles. The number of para-hydroxylation sites is 1. The number of carbonyl (C=O) groups is 1. The molecular weight excluding hydrogens is 279 g/mol. The van der Waals surface area contributed by atoms with Crippen molar-refractivity contribution in [2.45, 2.75) is 13.1 Å². The fourth-order valence-corrected chi connectivity index (χ4v) is 2.54. The number of hydrogen-bond donors (Lipinski definition) is 0. The van der Waals surface area contributed by atoms with Crippen LogP contribution in [0.3, 0.4) is 0 Å². The number of rotatable bonds is 4. The Kier molecular flexibility index (Phi) is 3.92. The second kappa shape index (κ2) is 6.02. The number of hydrogen-bond acceptors (Lipinski definition) is 1. The van der Waals surface area contributed by atoms with Crippen LogP contribution in [0.5, 0.6) is 0 Å². The summed E-state index contributed by atoms with van der Waals surface area (Å²) in [6.07, 6.45) is 1.92. The van der Waals surface area contributed by atoms with Crippen LogP contribution in [0.2, 0.25) is 0 Å². The van der Waals surface area contributed by atoms with E-state index in [1.165, 1.54) is 12.1 Å². The van der Waals surface area contributed by atoms with Crippen LogP contribution in [0.1, 0.15) is 5.56 Å². The minimum atomic E-state index is -0.283. The monoisotopic (exact) mass is 296 g/mol. The molecule has 3 nitrogen and oxygen atoms in total. The highest BCUT2D eigenvalue weighted by atomic mass is 19.1. The van der Waals surface area contributed by atoms with Crippen LogP contribution in [0, 0.1) is 5.82 Å². The summed E-state index contributed by atoms with van der Waals surface area (Å²) >= 11 is 0. The van der Waals surface area contributed by atoms with Gasteiger partial charge in [-0.2, -0.15) is 0 Å². The third-order valence-electron chi connectivity index (χ3n) is 3.72. The number of halogens is 1. The van der Waals surface area contributed by atoms with Crippen molar-refractivity contribution in [1.82, 2.24) is 9.47 Å². The Morgan fingerprint density at radius 1 is 1.14 bits per heavy atom. The molecule has 0 aliphatic rings. The minimum Gasteiger partial charge on any atom is -0.340 e. The molecule has 3 aromatic rings. The summed E-state index contributed by atoms with van der Waals surface area (Å²) < 4.78 is 15.1. The van der Waals surface area contributed by atoms with Gasteiger partial charge in [-0.1, -0.05) is 30.3 Å². The number of likely N-dealkylation sites (N-methyl/N-ethyl adjacent to an activating group) is 1. The lowest BCUT2D eigenvalue weighted by molar-refractivity contribution is -0.131. The third-order valence-corrected chi connectivity index (χ3v) is 3.72. The van der Waals surface area contributed by atoms with Gasteiger partial charge >= 0.3 is 0 Å². The zero-order chi connectivity index (χ0) is 15.5. The fraction of sp³-hybridized carbons (Fsp3) is 0.167. The van der Waals surface area contributed by atoms with Crippen LogP contribution >= 0.6 is 0 Å². The average Bonchev–Trinajstić information content (AvgIpc) is 2.90. The first-order valence-electron chi connectivity index (χ1n) is 7.16. The van der Waals surface area contributed by atoms with Crippen molar-refractivity contribution in [2.75, 3.05) is 7.05 Å². The van der Waals surface area contributed by atoms with Crippen molar-refractivity contribution >= 4 is 16.8 Å². The summed E-state index contributed by atoms with van der Waals surface area (Å²) in [7, 11) is 1.74. The zero-order valence-electron chi connectivity index (χ0n) is 12.4. The lowest BCUT2D eigenvalue weighted by Crippen LogP contribution is -2.29. The van der Waals surface area contributed by atoms with Gasteiger partial charge in [0.05, 0.1) is 0 Å². The molecule has 4 heteroatoms. The molecule has 1 amide bonds. The van der Waals surface area contributed by atoms with E-state index in [-0.39, 0.29) is 18.3 Å². The van der Waals surface area contributed by atoms with Crippen molar-refractivity contribution in [3.8, 4) is 0 Å². The van der Waals surface area contributed by atoms with E-state index < -0.39 is 0 Å². The quantitative estimate of drug-likeness (QED) is 0.724. The van der Waals surface area contributed by atoms with Gasteiger partial charge < -0.3 is 9.47 Å². The molecule has 0 aliphatic carbocycles. The zero-order valence-corrected chi connectivity index (χ0v) is 12.4. The number of amides is 1. The molecule has 0 spiro atoms. The molecule has 0 bridgehead atoms. The Hall–Kier alpha value is -2.62. The third kappa shape index (κ3) is 3.01. The van der Waals surface area contributed by atoms with Crippen molar-refractivity contribution in [3.63, 3.8) is 0 Å². The Morgan fingerprint density at radius 2 is 1.95 bits per heavy atom. The van der Waals surface area contributed by atoms with Gasteiger partial charge in [-0.15, -0.1) is 0 Å². The maximum Gasteiger partial charge on any atom is 0.242 e. The highest BCUT2D eigenvalue weighted by Gasteiger charge is 2.11. The van der Waals surface area contributed by atoms with Gasteiger partial charge in [0.15, 0.2) is 0 Å². The van der Waals surface area contributed by atoms with Gasteiger partial charge in [0, 0.05) is 25.3 Å². The van der Waals surface area contributed by atoms with Crippen LogP contribution < -0.4 is 0 Å². The Bertz CT molecular complexity index is 809. The molecule has 1 aromatic heterocycles. The first-order chi connectivity index (χ1) is 10.6. The molecule has 0 aliphatic heterocycles. The number of fused-ring (bicyclic) bond motifs is 1. The fourth-order valence-electron chi connectivity index (χ4n) is 2.54. The first kappa shape index (κ1) is 14.3. The van der Waals surface area contributed by atoms with Crippen molar-refractivity contribution in [1.29, 1.82) is 0 Å². The Balaban J connectivity index is 1.71. The molecule has 112 valence electrons. The number of aromatic nitrogens is 1. The molecule has 2 aromatic carbocycles. The molecule has 0 N–H and O–H groups in total. The summed E-state index contributed by atoms with van der Waals surface area (Å²) in [5.41, 5.74) is 1.82. The van der Waals surface area contributed by atoms with Gasteiger partial charge in [0.25, 0.3) is 0 Å². The van der Waals surface area contributed by atoms with Crippen LogP contribution in [0.4, 0.5) is 4.39 Å². The lowest BCUT2D eigenvalue weighted by atomic mass is 10.2. The summed E-state index contributed by atoms with van der Waals surface area (Å²) in [5.74, 6) is -0.291. The van der Waals surface area contributed by atoms with E-state index in [4.69, 9.17) is 0 Å². The maximum absolute atomic E-state index is 13.2. The molecule has 0 fully saturated rings. The molecular formula is C18H17FN2O. The molecule has 22 heavy (non-hydrogen) atoms. The van der Waals surface area contributed by atoms with Gasteiger partial charge in [-0.3, -0.25) is 4.79 Å². The lowest BCUT2D eigenvalue weighted by Gasteiger charge is -2.18. The van der Waals surface area contributed by atoms with E-state index in [9.17, 15) is 9.18 Å². The number of carbonyl (C=O) groups excluding carboxylic acids is 1. The molecule has 1 heterocycles. The molecule has 0 atom stereocenters. The van der Waals surface area contributed by atoms with E-state index in [0.29, 0.717) is 6.54 Å². The topological polar surface area (TPSA) is 25.2 Å². The van der Waals surface area contributed by atoms with Gasteiger partial charge in [0.1, 0.15) is 12.4 Å². The SMILES string of the molecule is CN(Cc1cccc(F)c1)C(=O)Cn1ccc2ccccc21. The predicted octanol–water partition coefficient (Wildman–Crippen LogP) is 3.44. The Morgan fingerprint density at radius 3 is 2.77 bits per heavy atom. The van der Waals surface area contributed by atoms with Crippen LogP contribution in [0.15, 0.2) is 60.8 Å². The summed E-state index contributed by atoms with van der Waals surface area (Å²) in [6.45, 7) is 0.676. The number of benzene rings is 2. The normalized spacial score (nSPS) is 10.8. The van der Waals surface area contributed by atoms with E-state index in [0.717, 1.165) is 16.5 Å². The molecule has 0 radical (unpaired) electrons. The average molecular weight is 296 g/mol. The minimum absolute atomic E-state index is 0.00869. The van der Waals surface area contributed by atoms with Gasteiger partial charge in [-0.05, 0) is 35.2 Å². The molecule has 0 unspecified atom stereocenters. The molecule has 3 rings (SSSR count). The van der Waals surface area contributed by atoms with Crippen molar-refractivity contribution in [2.24, 2.45) is 0 Å². The molecule has 0 saturated carbocycles.